The van der Waals surface area contributed by atoms with Crippen molar-refractivity contribution < 1.29 is 14.3 Å². The van der Waals surface area contributed by atoms with Crippen LogP contribution in [0.1, 0.15) is 32.6 Å². The zero-order chi connectivity index (χ0) is 9.94. The smallest absolute Gasteiger partial charge is 0.434 e. The summed E-state index contributed by atoms with van der Waals surface area (Å²) >= 11 is 0. The SMILES string of the molecule is C#CCOC(=O)OCCCCCC. The zero-order valence-corrected chi connectivity index (χ0v) is 8.04. The normalized spacial score (nSPS) is 8.92. The van der Waals surface area contributed by atoms with Gasteiger partial charge < -0.3 is 9.47 Å². The fraction of sp³-hybridized carbons (Fsp3) is 0.700. The van der Waals surface area contributed by atoms with Gasteiger partial charge in [-0.2, -0.15) is 0 Å². The molecule has 0 rings (SSSR count). The molecule has 0 saturated heterocycles. The fourth-order valence-corrected chi connectivity index (χ4v) is 0.827. The summed E-state index contributed by atoms with van der Waals surface area (Å²) in [7, 11) is 0. The van der Waals surface area contributed by atoms with E-state index in [1.54, 1.807) is 0 Å². The van der Waals surface area contributed by atoms with Crippen LogP contribution in [0.15, 0.2) is 0 Å². The predicted molar refractivity (Wildman–Crippen MR) is 50.3 cm³/mol. The van der Waals surface area contributed by atoms with E-state index in [0.29, 0.717) is 6.61 Å². The third kappa shape index (κ3) is 8.74. The summed E-state index contributed by atoms with van der Waals surface area (Å²) in [5, 5.41) is 0. The number of terminal acetylenes is 1. The Morgan fingerprint density at radius 2 is 2.08 bits per heavy atom. The summed E-state index contributed by atoms with van der Waals surface area (Å²) in [4.78, 5) is 10.7. The Labute approximate surface area is 79.4 Å². The van der Waals surface area contributed by atoms with Gasteiger partial charge >= 0.3 is 6.16 Å². The molecule has 0 N–H and O–H groups in total. The van der Waals surface area contributed by atoms with Crippen LogP contribution in [0, 0.1) is 12.3 Å². The molecule has 0 bridgehead atoms. The molecular formula is C10H16O3. The van der Waals surface area contributed by atoms with Gasteiger partial charge in [-0.05, 0) is 6.42 Å². The van der Waals surface area contributed by atoms with Crippen LogP contribution in [-0.4, -0.2) is 19.4 Å². The highest BCUT2D eigenvalue weighted by Crippen LogP contribution is 1.99. The Morgan fingerprint density at radius 1 is 1.31 bits per heavy atom. The first-order valence-corrected chi connectivity index (χ1v) is 4.54. The minimum absolute atomic E-state index is 0.0200. The number of carbonyl (C=O) groups excluding carboxylic acids is 1. The molecule has 0 aliphatic rings. The number of unbranched alkanes of at least 4 members (excludes halogenated alkanes) is 3. The average Bonchev–Trinajstić information content (AvgIpc) is 2.14. The standard InChI is InChI=1S/C10H16O3/c1-3-5-6-7-9-13-10(11)12-8-4-2/h2H,3,5-9H2,1H3. The Bertz CT molecular complexity index is 169. The highest BCUT2D eigenvalue weighted by Gasteiger charge is 2.00. The summed E-state index contributed by atoms with van der Waals surface area (Å²) < 4.78 is 9.23. The highest BCUT2D eigenvalue weighted by atomic mass is 16.7. The molecule has 0 aromatic carbocycles. The second kappa shape index (κ2) is 8.92. The number of rotatable bonds is 6. The van der Waals surface area contributed by atoms with E-state index >= 15 is 0 Å². The molecule has 0 fully saturated rings. The fourth-order valence-electron chi connectivity index (χ4n) is 0.827. The molecular weight excluding hydrogens is 168 g/mol. The Hall–Kier alpha value is -1.17. The van der Waals surface area contributed by atoms with Gasteiger partial charge in [0.15, 0.2) is 6.61 Å². The van der Waals surface area contributed by atoms with Crippen LogP contribution in [0.2, 0.25) is 0 Å². The van der Waals surface area contributed by atoms with Gasteiger partial charge in [-0.25, -0.2) is 4.79 Å². The maximum absolute atomic E-state index is 10.7. The molecule has 0 spiro atoms. The Kier molecular flexibility index (Phi) is 8.12. The molecule has 0 heterocycles. The van der Waals surface area contributed by atoms with E-state index in [1.807, 2.05) is 0 Å². The van der Waals surface area contributed by atoms with Crippen molar-refractivity contribution in [3.63, 3.8) is 0 Å². The van der Waals surface area contributed by atoms with Crippen molar-refractivity contribution in [2.24, 2.45) is 0 Å². The summed E-state index contributed by atoms with van der Waals surface area (Å²) in [6.45, 7) is 2.53. The van der Waals surface area contributed by atoms with Crippen molar-refractivity contribution in [3.05, 3.63) is 0 Å². The molecule has 0 unspecified atom stereocenters. The van der Waals surface area contributed by atoms with Gasteiger partial charge in [-0.3, -0.25) is 0 Å². The lowest BCUT2D eigenvalue weighted by molar-refractivity contribution is 0.0633. The van der Waals surface area contributed by atoms with E-state index in [0.717, 1.165) is 12.8 Å². The van der Waals surface area contributed by atoms with Crippen molar-refractivity contribution >= 4 is 6.16 Å². The second-order valence-corrected chi connectivity index (χ2v) is 2.65. The number of ether oxygens (including phenoxy) is 2. The molecule has 13 heavy (non-hydrogen) atoms. The van der Waals surface area contributed by atoms with Crippen LogP contribution < -0.4 is 0 Å². The monoisotopic (exact) mass is 184 g/mol. The predicted octanol–water partition coefficient (Wildman–Crippen LogP) is 2.35. The first-order chi connectivity index (χ1) is 6.31. The molecule has 0 radical (unpaired) electrons. The number of hydrogen-bond donors (Lipinski definition) is 0. The molecule has 0 aliphatic carbocycles. The number of carbonyl (C=O) groups is 1. The van der Waals surface area contributed by atoms with Gasteiger partial charge in [0.1, 0.15) is 0 Å². The molecule has 0 aliphatic heterocycles. The number of hydrogen-bond acceptors (Lipinski definition) is 3. The summed E-state index contributed by atoms with van der Waals surface area (Å²) in [5.74, 6) is 2.19. The lowest BCUT2D eigenvalue weighted by Crippen LogP contribution is -2.08. The highest BCUT2D eigenvalue weighted by molar-refractivity contribution is 5.59. The lowest BCUT2D eigenvalue weighted by atomic mass is 10.2. The van der Waals surface area contributed by atoms with Crippen LogP contribution in [0.5, 0.6) is 0 Å². The third-order valence-corrected chi connectivity index (χ3v) is 1.49. The van der Waals surface area contributed by atoms with Gasteiger partial charge in [0.25, 0.3) is 0 Å². The maximum Gasteiger partial charge on any atom is 0.509 e. The third-order valence-electron chi connectivity index (χ3n) is 1.49. The van der Waals surface area contributed by atoms with Gasteiger partial charge in [0, 0.05) is 0 Å². The van der Waals surface area contributed by atoms with Gasteiger partial charge in [0.05, 0.1) is 6.61 Å². The van der Waals surface area contributed by atoms with Gasteiger partial charge in [-0.15, -0.1) is 6.42 Å². The molecule has 0 amide bonds. The van der Waals surface area contributed by atoms with Crippen molar-refractivity contribution in [1.82, 2.24) is 0 Å². The lowest BCUT2D eigenvalue weighted by Gasteiger charge is -2.02. The van der Waals surface area contributed by atoms with E-state index in [1.165, 1.54) is 12.8 Å². The quantitative estimate of drug-likeness (QED) is 0.361. The maximum atomic E-state index is 10.7. The van der Waals surface area contributed by atoms with Crippen LogP contribution >= 0.6 is 0 Å². The van der Waals surface area contributed by atoms with E-state index in [9.17, 15) is 4.79 Å². The van der Waals surface area contributed by atoms with E-state index in [4.69, 9.17) is 11.2 Å². The largest absolute Gasteiger partial charge is 0.509 e. The van der Waals surface area contributed by atoms with Crippen molar-refractivity contribution in [1.29, 1.82) is 0 Å². The van der Waals surface area contributed by atoms with Crippen molar-refractivity contribution in [2.45, 2.75) is 32.6 Å². The molecule has 3 heteroatoms. The summed E-state index contributed by atoms with van der Waals surface area (Å²) in [5.41, 5.74) is 0. The second-order valence-electron chi connectivity index (χ2n) is 2.65. The van der Waals surface area contributed by atoms with Crippen LogP contribution in [0.25, 0.3) is 0 Å². The summed E-state index contributed by atoms with van der Waals surface area (Å²) in [6, 6.07) is 0. The minimum atomic E-state index is -0.672. The van der Waals surface area contributed by atoms with Crippen molar-refractivity contribution in [2.75, 3.05) is 13.2 Å². The van der Waals surface area contributed by atoms with Crippen LogP contribution in [0.3, 0.4) is 0 Å². The first kappa shape index (κ1) is 11.8. The first-order valence-electron chi connectivity index (χ1n) is 4.54. The van der Waals surface area contributed by atoms with Crippen LogP contribution in [-0.2, 0) is 9.47 Å². The summed E-state index contributed by atoms with van der Waals surface area (Å²) in [6.07, 6.45) is 8.52. The average molecular weight is 184 g/mol. The molecule has 3 nitrogen and oxygen atoms in total. The molecule has 0 aromatic rings. The Balaban J connectivity index is 3.13. The molecule has 0 aromatic heterocycles. The molecule has 74 valence electrons. The minimum Gasteiger partial charge on any atom is -0.434 e. The van der Waals surface area contributed by atoms with Gasteiger partial charge in [0.2, 0.25) is 0 Å². The zero-order valence-electron chi connectivity index (χ0n) is 8.04. The van der Waals surface area contributed by atoms with Crippen molar-refractivity contribution in [3.8, 4) is 12.3 Å². The van der Waals surface area contributed by atoms with E-state index in [-0.39, 0.29) is 6.61 Å². The topological polar surface area (TPSA) is 35.5 Å². The van der Waals surface area contributed by atoms with E-state index in [2.05, 4.69) is 17.6 Å². The molecule has 0 saturated carbocycles. The Morgan fingerprint density at radius 3 is 2.69 bits per heavy atom. The van der Waals surface area contributed by atoms with Gasteiger partial charge in [-0.1, -0.05) is 32.1 Å². The van der Waals surface area contributed by atoms with Crippen LogP contribution in [0.4, 0.5) is 4.79 Å². The van der Waals surface area contributed by atoms with E-state index < -0.39 is 6.16 Å². The molecule has 0 atom stereocenters.